The van der Waals surface area contributed by atoms with Gasteiger partial charge in [0.05, 0.1) is 13.2 Å². The average molecular weight is 281 g/mol. The van der Waals surface area contributed by atoms with Crippen LogP contribution in [0.25, 0.3) is 0 Å². The van der Waals surface area contributed by atoms with Crippen molar-refractivity contribution in [3.05, 3.63) is 0 Å². The topological polar surface area (TPSA) is 69.7 Å². The largest absolute Gasteiger partial charge is 0.465 e. The van der Waals surface area contributed by atoms with Crippen molar-refractivity contribution >= 4 is 29.7 Å². The molecular weight excluding hydrogens is 267 g/mol. The van der Waals surface area contributed by atoms with Gasteiger partial charge >= 0.3 is 11.9 Å². The standard InChI is InChI=1S/C10H14ClO5P/c11-17(14,7-3-1-5-15-9(7)12)8-4-2-6-16-10(8)13/h7-8H,1-6H2. The molecule has 17 heavy (non-hydrogen) atoms. The maximum Gasteiger partial charge on any atom is 0.317 e. The van der Waals surface area contributed by atoms with Gasteiger partial charge in [0.25, 0.3) is 0 Å². The fourth-order valence-electron chi connectivity index (χ4n) is 2.18. The van der Waals surface area contributed by atoms with Gasteiger partial charge in [-0.15, -0.1) is 0 Å². The van der Waals surface area contributed by atoms with Crippen molar-refractivity contribution in [2.45, 2.75) is 37.0 Å². The molecule has 0 amide bonds. The van der Waals surface area contributed by atoms with Gasteiger partial charge in [-0.2, -0.15) is 0 Å². The quantitative estimate of drug-likeness (QED) is 0.571. The predicted molar refractivity (Wildman–Crippen MR) is 61.4 cm³/mol. The lowest BCUT2D eigenvalue weighted by Gasteiger charge is -2.31. The van der Waals surface area contributed by atoms with Crippen molar-refractivity contribution in [3.63, 3.8) is 0 Å². The summed E-state index contributed by atoms with van der Waals surface area (Å²) in [5.74, 6) is -1.10. The molecule has 96 valence electrons. The summed E-state index contributed by atoms with van der Waals surface area (Å²) in [6.45, 7) is -2.76. The molecule has 0 aromatic heterocycles. The summed E-state index contributed by atoms with van der Waals surface area (Å²) in [4.78, 5) is 23.1. The van der Waals surface area contributed by atoms with E-state index in [1.54, 1.807) is 0 Å². The molecular formula is C10H14ClO5P. The van der Waals surface area contributed by atoms with Gasteiger partial charge in [0.15, 0.2) is 6.49 Å². The van der Waals surface area contributed by atoms with Crippen LogP contribution in [-0.4, -0.2) is 36.5 Å². The maximum atomic E-state index is 12.5. The molecule has 2 atom stereocenters. The molecule has 2 fully saturated rings. The molecule has 2 unspecified atom stereocenters. The van der Waals surface area contributed by atoms with E-state index in [4.69, 9.17) is 20.7 Å². The number of carbonyl (C=O) groups is 2. The number of carbonyl (C=O) groups excluding carboxylic acids is 2. The number of cyclic esters (lactones) is 2. The van der Waals surface area contributed by atoms with E-state index in [0.29, 0.717) is 38.9 Å². The Balaban J connectivity index is 2.18. The molecule has 5 nitrogen and oxygen atoms in total. The Labute approximate surface area is 104 Å². The first-order chi connectivity index (χ1) is 8.03. The smallest absolute Gasteiger partial charge is 0.317 e. The molecule has 2 aliphatic rings. The number of ether oxygens (including phenoxy) is 2. The lowest BCUT2D eigenvalue weighted by molar-refractivity contribution is -0.146. The van der Waals surface area contributed by atoms with Gasteiger partial charge in [-0.1, -0.05) is 11.2 Å². The van der Waals surface area contributed by atoms with Crippen molar-refractivity contribution in [2.24, 2.45) is 0 Å². The first kappa shape index (κ1) is 12.9. The fourth-order valence-corrected chi connectivity index (χ4v) is 5.48. The van der Waals surface area contributed by atoms with Gasteiger partial charge in [-0.25, -0.2) is 0 Å². The van der Waals surface area contributed by atoms with Crippen LogP contribution < -0.4 is 0 Å². The van der Waals surface area contributed by atoms with Gasteiger partial charge in [0.1, 0.15) is 11.3 Å². The molecule has 7 heteroatoms. The van der Waals surface area contributed by atoms with Crippen LogP contribution in [0.2, 0.25) is 0 Å². The van der Waals surface area contributed by atoms with E-state index in [9.17, 15) is 14.2 Å². The summed E-state index contributed by atoms with van der Waals surface area (Å²) in [6.07, 6.45) is 2.11. The van der Waals surface area contributed by atoms with Crippen LogP contribution in [0.5, 0.6) is 0 Å². The molecule has 0 aliphatic carbocycles. The minimum Gasteiger partial charge on any atom is -0.465 e. The van der Waals surface area contributed by atoms with Crippen LogP contribution in [0.3, 0.4) is 0 Å². The number of esters is 2. The van der Waals surface area contributed by atoms with Gasteiger partial charge < -0.3 is 14.0 Å². The van der Waals surface area contributed by atoms with Crippen LogP contribution in [0.15, 0.2) is 0 Å². The SMILES string of the molecule is O=C1OCCCC1P(=O)(Cl)C1CCCOC1=O. The molecule has 0 spiro atoms. The molecule has 2 aliphatic heterocycles. The second-order valence-corrected chi connectivity index (χ2v) is 8.36. The van der Waals surface area contributed by atoms with Gasteiger partial charge in [-0.05, 0) is 25.7 Å². The summed E-state index contributed by atoms with van der Waals surface area (Å²) >= 11 is 6.04. The highest BCUT2D eigenvalue weighted by Crippen LogP contribution is 2.64. The highest BCUT2D eigenvalue weighted by Gasteiger charge is 2.49. The molecule has 2 rings (SSSR count). The minimum absolute atomic E-state index is 0.335. The summed E-state index contributed by atoms with van der Waals surface area (Å²) < 4.78 is 22.2. The Hall–Kier alpha value is -0.540. The zero-order valence-electron chi connectivity index (χ0n) is 9.26. The average Bonchev–Trinajstić information content (AvgIpc) is 2.29. The molecule has 0 N–H and O–H groups in total. The van der Waals surface area contributed by atoms with Crippen LogP contribution in [0.4, 0.5) is 0 Å². The van der Waals surface area contributed by atoms with E-state index in [1.165, 1.54) is 0 Å². The van der Waals surface area contributed by atoms with Gasteiger partial charge in [-0.3, -0.25) is 9.59 Å². The lowest BCUT2D eigenvalue weighted by atomic mass is 10.2. The summed E-state index contributed by atoms with van der Waals surface area (Å²) in [7, 11) is 0. The Kier molecular flexibility index (Phi) is 3.79. The molecule has 2 heterocycles. The van der Waals surface area contributed by atoms with Crippen molar-refractivity contribution in [1.29, 1.82) is 0 Å². The third-order valence-electron chi connectivity index (χ3n) is 3.13. The van der Waals surface area contributed by atoms with Crippen molar-refractivity contribution in [3.8, 4) is 0 Å². The lowest BCUT2D eigenvalue weighted by Crippen LogP contribution is -2.36. The molecule has 2 saturated heterocycles. The molecule has 0 aromatic carbocycles. The third-order valence-corrected chi connectivity index (χ3v) is 7.18. The van der Waals surface area contributed by atoms with E-state index < -0.39 is 29.8 Å². The van der Waals surface area contributed by atoms with Crippen molar-refractivity contribution < 1.29 is 23.6 Å². The van der Waals surface area contributed by atoms with Crippen molar-refractivity contribution in [1.82, 2.24) is 0 Å². The van der Waals surface area contributed by atoms with E-state index in [-0.39, 0.29) is 0 Å². The Morgan fingerprint density at radius 3 is 1.76 bits per heavy atom. The minimum atomic E-state index is -3.43. The van der Waals surface area contributed by atoms with E-state index in [2.05, 4.69) is 0 Å². The summed E-state index contributed by atoms with van der Waals surface area (Å²) in [5, 5.41) is 0. The van der Waals surface area contributed by atoms with Gasteiger partial charge in [0, 0.05) is 0 Å². The van der Waals surface area contributed by atoms with Crippen LogP contribution in [0, 0.1) is 0 Å². The number of hydrogen-bond acceptors (Lipinski definition) is 5. The molecule has 0 bridgehead atoms. The summed E-state index contributed by atoms with van der Waals surface area (Å²) in [6, 6.07) is 0. The monoisotopic (exact) mass is 280 g/mol. The van der Waals surface area contributed by atoms with Gasteiger partial charge in [0.2, 0.25) is 0 Å². The second kappa shape index (κ2) is 4.99. The molecule has 0 radical (unpaired) electrons. The number of halogens is 1. The molecule has 0 aromatic rings. The van der Waals surface area contributed by atoms with E-state index in [1.807, 2.05) is 0 Å². The zero-order chi connectivity index (χ0) is 12.5. The predicted octanol–water partition coefficient (Wildman–Crippen LogP) is 1.91. The Bertz CT molecular complexity index is 351. The Morgan fingerprint density at radius 2 is 1.41 bits per heavy atom. The van der Waals surface area contributed by atoms with Crippen LogP contribution in [0.1, 0.15) is 25.7 Å². The first-order valence-corrected chi connectivity index (χ1v) is 8.41. The maximum absolute atomic E-state index is 12.5. The normalized spacial score (nSPS) is 33.5. The zero-order valence-corrected chi connectivity index (χ0v) is 10.9. The number of rotatable bonds is 2. The molecule has 0 saturated carbocycles. The van der Waals surface area contributed by atoms with Crippen LogP contribution >= 0.6 is 17.7 Å². The fraction of sp³-hybridized carbons (Fsp3) is 0.800. The van der Waals surface area contributed by atoms with E-state index >= 15 is 0 Å². The highest BCUT2D eigenvalue weighted by molar-refractivity contribution is 7.91. The second-order valence-electron chi connectivity index (χ2n) is 4.28. The third kappa shape index (κ3) is 2.50. The summed E-state index contributed by atoms with van der Waals surface area (Å²) in [5.41, 5.74) is -1.71. The highest BCUT2D eigenvalue weighted by atomic mass is 35.7. The van der Waals surface area contributed by atoms with Crippen molar-refractivity contribution in [2.75, 3.05) is 13.2 Å². The Morgan fingerprint density at radius 1 is 1.00 bits per heavy atom. The number of hydrogen-bond donors (Lipinski definition) is 0. The van der Waals surface area contributed by atoms with Crippen LogP contribution in [-0.2, 0) is 23.6 Å². The first-order valence-electron chi connectivity index (χ1n) is 5.66. The van der Waals surface area contributed by atoms with E-state index in [0.717, 1.165) is 0 Å².